The van der Waals surface area contributed by atoms with Gasteiger partial charge in [-0.3, -0.25) is 14.4 Å². The average Bonchev–Trinajstić information content (AvgIpc) is 3.60. The summed E-state index contributed by atoms with van der Waals surface area (Å²) in [5.41, 5.74) is 1.69. The number of anilines is 3. The van der Waals surface area contributed by atoms with Crippen LogP contribution < -0.4 is 45.2 Å². The van der Waals surface area contributed by atoms with Gasteiger partial charge in [-0.05, 0) is 111 Å². The molecule has 0 aliphatic carbocycles. The molecule has 0 bridgehead atoms. The van der Waals surface area contributed by atoms with E-state index in [0.717, 1.165) is 57.8 Å². The number of hydrogen-bond acceptors (Lipinski definition) is 9. The maximum absolute atomic E-state index is 13.6. The maximum Gasteiger partial charge on any atom is 0.201 e. The molecule has 0 radical (unpaired) electrons. The summed E-state index contributed by atoms with van der Waals surface area (Å²) in [4.78, 5) is 47.2. The molecule has 1 heterocycles. The molecule has 0 atom stereocenters. The van der Waals surface area contributed by atoms with Crippen molar-refractivity contribution in [2.75, 3.05) is 73.8 Å². The molecule has 0 unspecified atom stereocenters. The summed E-state index contributed by atoms with van der Waals surface area (Å²) < 4.78 is 18.1. The Labute approximate surface area is 342 Å². The maximum atomic E-state index is 13.6. The lowest BCUT2D eigenvalue weighted by Gasteiger charge is -2.31. The summed E-state index contributed by atoms with van der Waals surface area (Å²) in [7, 11) is 0. The predicted molar refractivity (Wildman–Crippen MR) is 238 cm³/mol. The molecule has 0 spiro atoms. The van der Waals surface area contributed by atoms with Gasteiger partial charge in [-0.1, -0.05) is 78.6 Å². The lowest BCUT2D eigenvalue weighted by molar-refractivity contribution is 0.305. The Kier molecular flexibility index (Phi) is 20.9. The van der Waals surface area contributed by atoms with Crippen molar-refractivity contribution in [1.29, 1.82) is 0 Å². The molecule has 9 heteroatoms. The summed E-state index contributed by atoms with van der Waals surface area (Å²) >= 11 is 0. The van der Waals surface area contributed by atoms with Crippen LogP contribution in [0.1, 0.15) is 117 Å². The normalized spacial score (nSPS) is 14.1. The molecule has 57 heavy (non-hydrogen) atoms. The van der Waals surface area contributed by atoms with E-state index in [4.69, 9.17) is 14.2 Å². The predicted octanol–water partition coefficient (Wildman–Crippen LogP) is 9.65. The zero-order valence-corrected chi connectivity index (χ0v) is 35.2. The first-order valence-electron chi connectivity index (χ1n) is 22.0. The highest BCUT2D eigenvalue weighted by Gasteiger charge is 2.18. The first-order valence-corrected chi connectivity index (χ1v) is 22.0. The van der Waals surface area contributed by atoms with E-state index in [-0.39, 0.29) is 16.3 Å². The first kappa shape index (κ1) is 45.2. The van der Waals surface area contributed by atoms with Crippen molar-refractivity contribution in [3.05, 3.63) is 103 Å². The van der Waals surface area contributed by atoms with Crippen LogP contribution in [0.25, 0.3) is 0 Å². The third kappa shape index (κ3) is 16.1. The van der Waals surface area contributed by atoms with Crippen molar-refractivity contribution < 1.29 is 14.2 Å². The Balaban J connectivity index is 1.59. The highest BCUT2D eigenvalue weighted by Crippen LogP contribution is 2.20. The summed E-state index contributed by atoms with van der Waals surface area (Å²) in [6.45, 7) is 12.2. The molecule has 0 saturated carbocycles. The van der Waals surface area contributed by atoms with Crippen LogP contribution >= 0.6 is 0 Å². The van der Waals surface area contributed by atoms with E-state index in [1.54, 1.807) is 36.4 Å². The molecule has 9 nitrogen and oxygen atoms in total. The number of rotatable bonds is 21. The van der Waals surface area contributed by atoms with Gasteiger partial charge >= 0.3 is 0 Å². The van der Waals surface area contributed by atoms with Crippen molar-refractivity contribution in [3.8, 4) is 17.2 Å². The molecule has 0 amide bonds. The molecular formula is C48H69N3O6. The van der Waals surface area contributed by atoms with Gasteiger partial charge in [-0.25, -0.2) is 0 Å². The summed E-state index contributed by atoms with van der Waals surface area (Å²) in [6, 6.07) is 21.5. The van der Waals surface area contributed by atoms with Crippen molar-refractivity contribution in [2.45, 2.75) is 117 Å². The van der Waals surface area contributed by atoms with E-state index < -0.39 is 0 Å². The number of unbranched alkanes of at least 4 members (excludes halogenated alkanes) is 9. The quantitative estimate of drug-likeness (QED) is 0.0981. The Morgan fingerprint density at radius 1 is 0.368 bits per heavy atom. The standard InChI is InChI=1S/C48H69N3O6/c1-4-7-10-13-37-55-40-19-25-43(46(52)28-22-40)49-31-16-33-50(44-26-20-41(23-29-47(44)53)56-38-14-11-8-5-2)35-18-36-51(34-17-32-49)45-27-21-42(24-30-48(45)54)57-39-15-12-9-6-3/h19-30H,4-18,31-39H2,1-3H3. The van der Waals surface area contributed by atoms with Crippen LogP contribution in [0.5, 0.6) is 17.2 Å². The molecule has 3 aromatic carbocycles. The lowest BCUT2D eigenvalue weighted by atomic mass is 10.2. The molecular weight excluding hydrogens is 715 g/mol. The smallest absolute Gasteiger partial charge is 0.201 e. The van der Waals surface area contributed by atoms with E-state index in [2.05, 4.69) is 35.5 Å². The highest BCUT2D eigenvalue weighted by molar-refractivity contribution is 5.50. The van der Waals surface area contributed by atoms with Gasteiger partial charge in [0.1, 0.15) is 17.2 Å². The Bertz CT molecular complexity index is 1570. The van der Waals surface area contributed by atoms with Gasteiger partial charge in [0.05, 0.1) is 36.9 Å². The lowest BCUT2D eigenvalue weighted by Crippen LogP contribution is -2.39. The van der Waals surface area contributed by atoms with Gasteiger partial charge in [0.2, 0.25) is 16.3 Å². The van der Waals surface area contributed by atoms with Crippen molar-refractivity contribution in [2.24, 2.45) is 0 Å². The molecule has 1 fully saturated rings. The van der Waals surface area contributed by atoms with Gasteiger partial charge in [-0.15, -0.1) is 0 Å². The van der Waals surface area contributed by atoms with E-state index in [0.29, 0.717) is 93.4 Å². The summed E-state index contributed by atoms with van der Waals surface area (Å²) in [5.74, 6) is 2.07. The minimum Gasteiger partial charge on any atom is -0.494 e. The van der Waals surface area contributed by atoms with E-state index >= 15 is 0 Å². The van der Waals surface area contributed by atoms with Crippen LogP contribution in [0.3, 0.4) is 0 Å². The molecule has 0 N–H and O–H groups in total. The minimum absolute atomic E-state index is 0.0602. The van der Waals surface area contributed by atoms with Gasteiger partial charge in [-0.2, -0.15) is 0 Å². The zero-order valence-electron chi connectivity index (χ0n) is 35.2. The molecule has 0 aromatic heterocycles. The second kappa shape index (κ2) is 26.4. The minimum atomic E-state index is -0.0602. The molecule has 1 aliphatic rings. The third-order valence-electron chi connectivity index (χ3n) is 10.6. The SMILES string of the molecule is CCCCCCOc1ccc(N2CCCN(c3ccc(OCCCCCC)ccc3=O)CCCN(c3ccc(OCCCCCC)ccc3=O)CCC2)c(=O)cc1. The van der Waals surface area contributed by atoms with Crippen molar-refractivity contribution in [3.63, 3.8) is 0 Å². The first-order chi connectivity index (χ1) is 27.9. The van der Waals surface area contributed by atoms with Crippen LogP contribution in [-0.4, -0.2) is 59.1 Å². The third-order valence-corrected chi connectivity index (χ3v) is 10.6. The molecule has 312 valence electrons. The van der Waals surface area contributed by atoms with Crippen LogP contribution in [0.15, 0.2) is 87.2 Å². The highest BCUT2D eigenvalue weighted by atomic mass is 16.5. The fraction of sp³-hybridized carbons (Fsp3) is 0.562. The Hall–Kier alpha value is -4.53. The second-order valence-electron chi connectivity index (χ2n) is 15.2. The average molecular weight is 784 g/mol. The van der Waals surface area contributed by atoms with Crippen LogP contribution in [-0.2, 0) is 0 Å². The zero-order chi connectivity index (χ0) is 40.5. The van der Waals surface area contributed by atoms with E-state index in [1.165, 1.54) is 38.5 Å². The fourth-order valence-corrected chi connectivity index (χ4v) is 7.27. The second-order valence-corrected chi connectivity index (χ2v) is 15.2. The summed E-state index contributed by atoms with van der Waals surface area (Å²) in [5, 5.41) is 0. The Morgan fingerprint density at radius 3 is 0.895 bits per heavy atom. The van der Waals surface area contributed by atoms with Crippen LogP contribution in [0.2, 0.25) is 0 Å². The van der Waals surface area contributed by atoms with Gasteiger partial charge in [0, 0.05) is 39.3 Å². The van der Waals surface area contributed by atoms with E-state index in [1.807, 2.05) is 36.4 Å². The molecule has 4 rings (SSSR count). The Morgan fingerprint density at radius 2 is 0.632 bits per heavy atom. The van der Waals surface area contributed by atoms with Crippen LogP contribution in [0.4, 0.5) is 17.1 Å². The molecule has 3 aromatic rings. The van der Waals surface area contributed by atoms with Gasteiger partial charge < -0.3 is 28.9 Å². The topological polar surface area (TPSA) is 88.6 Å². The number of nitrogens with zero attached hydrogens (tertiary/aromatic N) is 3. The van der Waals surface area contributed by atoms with Crippen molar-refractivity contribution >= 4 is 17.1 Å². The molecule has 1 saturated heterocycles. The largest absolute Gasteiger partial charge is 0.494 e. The number of ether oxygens (including phenoxy) is 3. The van der Waals surface area contributed by atoms with Crippen LogP contribution in [0, 0.1) is 0 Å². The van der Waals surface area contributed by atoms with Gasteiger partial charge in [0.25, 0.3) is 0 Å². The number of hydrogen-bond donors (Lipinski definition) is 0. The summed E-state index contributed by atoms with van der Waals surface area (Å²) in [6.07, 6.45) is 15.7. The fourth-order valence-electron chi connectivity index (χ4n) is 7.27. The van der Waals surface area contributed by atoms with Gasteiger partial charge in [0.15, 0.2) is 0 Å². The molecule has 1 aliphatic heterocycles. The van der Waals surface area contributed by atoms with Crippen molar-refractivity contribution in [1.82, 2.24) is 0 Å². The van der Waals surface area contributed by atoms with E-state index in [9.17, 15) is 14.4 Å². The monoisotopic (exact) mass is 784 g/mol.